The van der Waals surface area contributed by atoms with Crippen LogP contribution >= 0.6 is 0 Å². The van der Waals surface area contributed by atoms with Crippen LogP contribution in [0.4, 0.5) is 14.9 Å². The van der Waals surface area contributed by atoms with Crippen LogP contribution in [0.3, 0.4) is 0 Å². The third-order valence-electron chi connectivity index (χ3n) is 8.02. The van der Waals surface area contributed by atoms with Gasteiger partial charge in [-0.3, -0.25) is 4.79 Å². The van der Waals surface area contributed by atoms with E-state index >= 15 is 0 Å². The molecule has 1 saturated carbocycles. The highest BCUT2D eigenvalue weighted by molar-refractivity contribution is 5.89. The van der Waals surface area contributed by atoms with E-state index in [9.17, 15) is 14.0 Å². The van der Waals surface area contributed by atoms with Crippen LogP contribution in [0, 0.1) is 11.7 Å². The minimum atomic E-state index is -0.610. The molecule has 4 fully saturated rings. The maximum Gasteiger partial charge on any atom is 0.318 e. The van der Waals surface area contributed by atoms with Gasteiger partial charge in [0.15, 0.2) is 6.23 Å². The minimum absolute atomic E-state index is 0.000887. The summed E-state index contributed by atoms with van der Waals surface area (Å²) < 4.78 is 26.2. The molecule has 2 unspecified atom stereocenters. The number of halogens is 1. The highest BCUT2D eigenvalue weighted by atomic mass is 19.1. The number of hydrogen-bond donors (Lipinski definition) is 2. The average Bonchev–Trinajstić information content (AvgIpc) is 3.47. The molecule has 7 rings (SSSR count). The molecule has 5 aliphatic rings. The normalized spacial score (nSPS) is 26.9. The summed E-state index contributed by atoms with van der Waals surface area (Å²) in [4.78, 5) is 29.2. The van der Waals surface area contributed by atoms with E-state index in [-0.39, 0.29) is 36.6 Å². The number of aryl methyl sites for hydroxylation is 1. The molecule has 190 valence electrons. The largest absolute Gasteiger partial charge is 0.341 e. The monoisotopic (exact) mass is 494 g/mol. The number of rotatable bonds is 7. The lowest BCUT2D eigenvalue weighted by Crippen LogP contribution is -2.59. The second-order valence-corrected chi connectivity index (χ2v) is 10.3. The van der Waals surface area contributed by atoms with Crippen LogP contribution in [0.2, 0.25) is 0 Å². The van der Waals surface area contributed by atoms with Crippen molar-refractivity contribution in [3.8, 4) is 0 Å². The molecule has 9 heteroatoms. The van der Waals surface area contributed by atoms with E-state index in [4.69, 9.17) is 9.47 Å². The molecule has 2 aromatic rings. The zero-order valence-corrected chi connectivity index (χ0v) is 20.5. The molecule has 4 atom stereocenters. The molecule has 3 aliphatic heterocycles. The van der Waals surface area contributed by atoms with Crippen LogP contribution in [-0.2, 0) is 32.8 Å². The quantitative estimate of drug-likeness (QED) is 0.616. The third-order valence-corrected chi connectivity index (χ3v) is 8.02. The Morgan fingerprint density at radius 2 is 2.08 bits per heavy atom. The van der Waals surface area contributed by atoms with Gasteiger partial charge in [-0.15, -0.1) is 0 Å². The molecule has 1 spiro atoms. The van der Waals surface area contributed by atoms with Crippen LogP contribution in [0.5, 0.6) is 0 Å². The van der Waals surface area contributed by atoms with Gasteiger partial charge in [-0.1, -0.05) is 18.2 Å². The van der Waals surface area contributed by atoms with Gasteiger partial charge >= 0.3 is 6.03 Å². The first-order valence-corrected chi connectivity index (χ1v) is 12.6. The number of urea groups is 1. The van der Waals surface area contributed by atoms with Crippen LogP contribution in [0.1, 0.15) is 42.9 Å². The summed E-state index contributed by atoms with van der Waals surface area (Å²) in [5, 5.41) is 5.37. The van der Waals surface area contributed by atoms with Gasteiger partial charge in [0.1, 0.15) is 11.4 Å². The Morgan fingerprint density at radius 3 is 2.83 bits per heavy atom. The number of anilines is 1. The SMILES string of the molecule is CNC(=O)Nc1ccc2c(c1)CC[C@@]21OC2OC1N2CC(=O)N(Cc1cccc(F)c1)[C@@H](C)C1CC1. The van der Waals surface area contributed by atoms with Crippen molar-refractivity contribution in [1.82, 2.24) is 15.1 Å². The summed E-state index contributed by atoms with van der Waals surface area (Å²) >= 11 is 0. The fourth-order valence-corrected chi connectivity index (χ4v) is 5.87. The highest BCUT2D eigenvalue weighted by Crippen LogP contribution is 2.56. The Labute approximate surface area is 209 Å². The van der Waals surface area contributed by atoms with Crippen LogP contribution < -0.4 is 10.6 Å². The Hall–Kier alpha value is -3.01. The fraction of sp³-hybridized carbons (Fsp3) is 0.481. The zero-order chi connectivity index (χ0) is 25.0. The van der Waals surface area contributed by atoms with Gasteiger partial charge in [-0.25, -0.2) is 14.1 Å². The molecule has 3 saturated heterocycles. The number of fused-ring (bicyclic) bond motifs is 1. The summed E-state index contributed by atoms with van der Waals surface area (Å²) in [6.45, 7) is 2.66. The Bertz CT molecular complexity index is 1200. The molecule has 8 nitrogen and oxygen atoms in total. The standard InChI is InChI=1S/C27H31FN4O4/c1-16(18-6-7-18)31(14-17-4-3-5-20(28)12-17)23(33)15-32-24-27(36-26(32)35-24)11-10-19-13-21(8-9-22(19)27)30-25(34)29-2/h3-5,8-9,12-13,16,18,24,26H,6-7,10-11,14-15H2,1-2H3,(H2,29,30,34)/t16-,24?,26?,27+/m0/s1. The predicted octanol–water partition coefficient (Wildman–Crippen LogP) is 3.52. The van der Waals surface area contributed by atoms with Gasteiger partial charge in [0.2, 0.25) is 12.3 Å². The van der Waals surface area contributed by atoms with Crippen molar-refractivity contribution in [3.05, 3.63) is 65.0 Å². The molecule has 2 bridgehead atoms. The molecule has 2 aliphatic carbocycles. The molecule has 36 heavy (non-hydrogen) atoms. The van der Waals surface area contributed by atoms with Gasteiger partial charge in [-0.2, -0.15) is 0 Å². The zero-order valence-electron chi connectivity index (χ0n) is 20.5. The molecular formula is C27H31FN4O4. The van der Waals surface area contributed by atoms with E-state index in [1.165, 1.54) is 12.1 Å². The summed E-state index contributed by atoms with van der Waals surface area (Å²) in [7, 11) is 1.58. The van der Waals surface area contributed by atoms with Crippen molar-refractivity contribution < 1.29 is 23.5 Å². The van der Waals surface area contributed by atoms with Crippen LogP contribution in [0.25, 0.3) is 0 Å². The number of nitrogens with one attached hydrogen (secondary N) is 2. The summed E-state index contributed by atoms with van der Waals surface area (Å²) in [6.07, 6.45) is 2.90. The molecular weight excluding hydrogens is 463 g/mol. The molecule has 0 aromatic heterocycles. The number of benzene rings is 2. The Balaban J connectivity index is 1.18. The van der Waals surface area contributed by atoms with E-state index in [1.54, 1.807) is 13.1 Å². The minimum Gasteiger partial charge on any atom is -0.341 e. The lowest BCUT2D eigenvalue weighted by atomic mass is 9.93. The third kappa shape index (κ3) is 3.95. The van der Waals surface area contributed by atoms with E-state index in [1.807, 2.05) is 34.1 Å². The second-order valence-electron chi connectivity index (χ2n) is 10.3. The van der Waals surface area contributed by atoms with Crippen LogP contribution in [-0.4, -0.2) is 54.0 Å². The molecule has 0 radical (unpaired) electrons. The molecule has 3 amide bonds. The summed E-state index contributed by atoms with van der Waals surface area (Å²) in [5.41, 5.74) is 3.07. The van der Waals surface area contributed by atoms with Gasteiger partial charge < -0.3 is 25.0 Å². The molecule has 3 heterocycles. The van der Waals surface area contributed by atoms with Gasteiger partial charge in [0.05, 0.1) is 6.54 Å². The van der Waals surface area contributed by atoms with E-state index in [2.05, 4.69) is 17.6 Å². The van der Waals surface area contributed by atoms with E-state index < -0.39 is 12.0 Å². The van der Waals surface area contributed by atoms with Crippen molar-refractivity contribution >= 4 is 17.6 Å². The van der Waals surface area contributed by atoms with E-state index in [0.717, 1.165) is 48.1 Å². The average molecular weight is 495 g/mol. The topological polar surface area (TPSA) is 83.1 Å². The highest BCUT2D eigenvalue weighted by Gasteiger charge is 2.66. The predicted molar refractivity (Wildman–Crippen MR) is 130 cm³/mol. The van der Waals surface area contributed by atoms with Crippen molar-refractivity contribution in [2.75, 3.05) is 18.9 Å². The fourth-order valence-electron chi connectivity index (χ4n) is 5.87. The molecule has 2 aromatic carbocycles. The summed E-state index contributed by atoms with van der Waals surface area (Å²) in [5.74, 6) is 0.201. The van der Waals surface area contributed by atoms with Crippen molar-refractivity contribution in [1.29, 1.82) is 0 Å². The number of amides is 3. The summed E-state index contributed by atoms with van der Waals surface area (Å²) in [6, 6.07) is 12.1. The number of hydrogen-bond acceptors (Lipinski definition) is 5. The lowest BCUT2D eigenvalue weighted by molar-refractivity contribution is -0.285. The van der Waals surface area contributed by atoms with Gasteiger partial charge in [-0.05, 0) is 79.5 Å². The smallest absolute Gasteiger partial charge is 0.318 e. The maximum atomic E-state index is 13.8. The maximum absolute atomic E-state index is 13.8. The van der Waals surface area contributed by atoms with Crippen LogP contribution in [0.15, 0.2) is 42.5 Å². The first-order valence-electron chi connectivity index (χ1n) is 12.6. The Morgan fingerprint density at radius 1 is 1.25 bits per heavy atom. The first kappa shape index (κ1) is 23.4. The number of carbonyl (C=O) groups excluding carboxylic acids is 2. The van der Waals surface area contributed by atoms with Gasteiger partial charge in [0, 0.05) is 25.3 Å². The second kappa shape index (κ2) is 8.83. The van der Waals surface area contributed by atoms with Gasteiger partial charge in [0.25, 0.3) is 0 Å². The lowest BCUT2D eigenvalue weighted by Gasteiger charge is -2.41. The number of ether oxygens (including phenoxy) is 2. The number of nitrogens with zero attached hydrogens (tertiary/aromatic N) is 2. The Kier molecular flexibility index (Phi) is 5.74. The number of carbonyl (C=O) groups is 2. The first-order chi connectivity index (χ1) is 17.4. The molecule has 2 N–H and O–H groups in total. The van der Waals surface area contributed by atoms with Crippen molar-refractivity contribution in [2.45, 2.75) is 63.4 Å². The van der Waals surface area contributed by atoms with Crippen molar-refractivity contribution in [2.24, 2.45) is 5.92 Å². The van der Waals surface area contributed by atoms with Crippen molar-refractivity contribution in [3.63, 3.8) is 0 Å². The van der Waals surface area contributed by atoms with E-state index in [0.29, 0.717) is 12.5 Å².